The number of ether oxygens (including phenoxy) is 1. The lowest BCUT2D eigenvalue weighted by atomic mass is 9.92. The molecule has 0 saturated carbocycles. The minimum Gasteiger partial charge on any atom is -0.381 e. The number of carbonyl (C=O) groups excluding carboxylic acids is 1. The first-order valence-electron chi connectivity index (χ1n) is 8.68. The second-order valence-electron chi connectivity index (χ2n) is 7.04. The third kappa shape index (κ3) is 4.96. The van der Waals surface area contributed by atoms with Gasteiger partial charge in [-0.25, -0.2) is 0 Å². The average molecular weight is 296 g/mol. The number of rotatable bonds is 6. The van der Waals surface area contributed by atoms with Crippen molar-refractivity contribution in [3.63, 3.8) is 0 Å². The Morgan fingerprint density at radius 2 is 1.81 bits per heavy atom. The van der Waals surface area contributed by atoms with Crippen molar-refractivity contribution in [1.82, 2.24) is 9.80 Å². The van der Waals surface area contributed by atoms with Crippen LogP contribution in [0.3, 0.4) is 0 Å². The summed E-state index contributed by atoms with van der Waals surface area (Å²) in [4.78, 5) is 16.9. The Morgan fingerprint density at radius 3 is 2.33 bits per heavy atom. The third-order valence-electron chi connectivity index (χ3n) is 4.85. The van der Waals surface area contributed by atoms with Gasteiger partial charge >= 0.3 is 0 Å². The van der Waals surface area contributed by atoms with Gasteiger partial charge in [-0.1, -0.05) is 13.8 Å². The van der Waals surface area contributed by atoms with Crippen LogP contribution in [0, 0.1) is 17.8 Å². The molecule has 0 unspecified atom stereocenters. The number of likely N-dealkylation sites (tertiary alicyclic amines) is 2. The molecule has 0 spiro atoms. The van der Waals surface area contributed by atoms with Crippen molar-refractivity contribution >= 4 is 5.91 Å². The van der Waals surface area contributed by atoms with Crippen LogP contribution in [0.1, 0.15) is 40.0 Å². The van der Waals surface area contributed by atoms with Crippen LogP contribution in [0.25, 0.3) is 0 Å². The van der Waals surface area contributed by atoms with E-state index in [1.807, 2.05) is 6.92 Å². The summed E-state index contributed by atoms with van der Waals surface area (Å²) in [6.07, 6.45) is 3.06. The van der Waals surface area contributed by atoms with Crippen molar-refractivity contribution < 1.29 is 9.53 Å². The van der Waals surface area contributed by atoms with Crippen molar-refractivity contribution in [3.05, 3.63) is 0 Å². The average Bonchev–Trinajstić information content (AvgIpc) is 2.76. The second-order valence-corrected chi connectivity index (χ2v) is 7.04. The number of amides is 1. The van der Waals surface area contributed by atoms with E-state index >= 15 is 0 Å². The molecule has 21 heavy (non-hydrogen) atoms. The van der Waals surface area contributed by atoms with E-state index in [0.29, 0.717) is 19.6 Å². The molecule has 0 aromatic rings. The van der Waals surface area contributed by atoms with Crippen LogP contribution in [-0.2, 0) is 9.53 Å². The lowest BCUT2D eigenvalue weighted by Crippen LogP contribution is -2.32. The Labute approximate surface area is 129 Å². The topological polar surface area (TPSA) is 32.8 Å². The summed E-state index contributed by atoms with van der Waals surface area (Å²) in [6.45, 7) is 13.4. The summed E-state index contributed by atoms with van der Waals surface area (Å²) in [6, 6.07) is 0. The van der Waals surface area contributed by atoms with Gasteiger partial charge in [0.05, 0.1) is 13.0 Å². The molecule has 0 aromatic carbocycles. The SMILES string of the molecule is CCOCCC(=O)N1C[C@H]2CCN(CC(C)C)CC[C@H]2C1. The van der Waals surface area contributed by atoms with Gasteiger partial charge in [-0.15, -0.1) is 0 Å². The van der Waals surface area contributed by atoms with E-state index in [1.165, 1.54) is 32.5 Å². The summed E-state index contributed by atoms with van der Waals surface area (Å²) in [5.41, 5.74) is 0. The molecular formula is C17H32N2O2. The molecule has 0 aliphatic carbocycles. The quantitative estimate of drug-likeness (QED) is 0.705. The maximum atomic E-state index is 12.2. The predicted molar refractivity (Wildman–Crippen MR) is 85.2 cm³/mol. The first kappa shape index (κ1) is 16.8. The normalized spacial score (nSPS) is 27.0. The molecule has 4 heteroatoms. The Morgan fingerprint density at radius 1 is 1.19 bits per heavy atom. The first-order chi connectivity index (χ1) is 10.1. The van der Waals surface area contributed by atoms with Crippen LogP contribution in [0.4, 0.5) is 0 Å². The van der Waals surface area contributed by atoms with E-state index in [1.54, 1.807) is 0 Å². The van der Waals surface area contributed by atoms with Crippen LogP contribution < -0.4 is 0 Å². The fourth-order valence-corrected chi connectivity index (χ4v) is 3.77. The Hall–Kier alpha value is -0.610. The highest BCUT2D eigenvalue weighted by Crippen LogP contribution is 2.32. The van der Waals surface area contributed by atoms with Gasteiger partial charge in [0, 0.05) is 26.2 Å². The lowest BCUT2D eigenvalue weighted by Gasteiger charge is -2.23. The molecule has 2 aliphatic rings. The second kappa shape index (κ2) is 8.14. The van der Waals surface area contributed by atoms with E-state index < -0.39 is 0 Å². The van der Waals surface area contributed by atoms with E-state index in [9.17, 15) is 4.79 Å². The summed E-state index contributed by atoms with van der Waals surface area (Å²) < 4.78 is 5.30. The first-order valence-corrected chi connectivity index (χ1v) is 8.68. The molecule has 1 amide bonds. The van der Waals surface area contributed by atoms with Gasteiger partial charge in [-0.3, -0.25) is 4.79 Å². The molecule has 2 atom stereocenters. The highest BCUT2D eigenvalue weighted by atomic mass is 16.5. The number of hydrogen-bond donors (Lipinski definition) is 0. The maximum absolute atomic E-state index is 12.2. The largest absolute Gasteiger partial charge is 0.381 e. The molecule has 2 fully saturated rings. The van der Waals surface area contributed by atoms with Crippen LogP contribution in [0.15, 0.2) is 0 Å². The van der Waals surface area contributed by atoms with Crippen molar-refractivity contribution in [2.45, 2.75) is 40.0 Å². The van der Waals surface area contributed by atoms with Crippen molar-refractivity contribution in [2.24, 2.45) is 17.8 Å². The molecule has 2 aliphatic heterocycles. The minimum atomic E-state index is 0.288. The smallest absolute Gasteiger partial charge is 0.224 e. The predicted octanol–water partition coefficient (Wildman–Crippen LogP) is 2.24. The van der Waals surface area contributed by atoms with Gasteiger partial charge in [0.25, 0.3) is 0 Å². The highest BCUT2D eigenvalue weighted by Gasteiger charge is 2.36. The van der Waals surface area contributed by atoms with Gasteiger partial charge in [0.1, 0.15) is 0 Å². The summed E-state index contributed by atoms with van der Waals surface area (Å²) >= 11 is 0. The van der Waals surface area contributed by atoms with E-state index in [-0.39, 0.29) is 5.91 Å². The van der Waals surface area contributed by atoms with Crippen LogP contribution in [-0.4, -0.2) is 61.6 Å². The summed E-state index contributed by atoms with van der Waals surface area (Å²) in [7, 11) is 0. The molecule has 2 rings (SSSR count). The molecular weight excluding hydrogens is 264 g/mol. The number of nitrogens with zero attached hydrogens (tertiary/aromatic N) is 2. The van der Waals surface area contributed by atoms with Gasteiger partial charge in [-0.2, -0.15) is 0 Å². The van der Waals surface area contributed by atoms with Gasteiger partial charge in [0.2, 0.25) is 5.91 Å². The summed E-state index contributed by atoms with van der Waals surface area (Å²) in [5, 5.41) is 0. The Balaban J connectivity index is 1.77. The Bertz CT molecular complexity index is 317. The number of hydrogen-bond acceptors (Lipinski definition) is 3. The fourth-order valence-electron chi connectivity index (χ4n) is 3.77. The maximum Gasteiger partial charge on any atom is 0.224 e. The lowest BCUT2D eigenvalue weighted by molar-refractivity contribution is -0.131. The van der Waals surface area contributed by atoms with Crippen molar-refractivity contribution in [3.8, 4) is 0 Å². The zero-order chi connectivity index (χ0) is 15.2. The number of fused-ring (bicyclic) bond motifs is 1. The zero-order valence-electron chi connectivity index (χ0n) is 14.0. The van der Waals surface area contributed by atoms with Gasteiger partial charge < -0.3 is 14.5 Å². The molecule has 0 radical (unpaired) electrons. The minimum absolute atomic E-state index is 0.288. The van der Waals surface area contributed by atoms with Crippen LogP contribution in [0.5, 0.6) is 0 Å². The molecule has 0 bridgehead atoms. The molecule has 122 valence electrons. The molecule has 2 heterocycles. The molecule has 0 N–H and O–H groups in total. The summed E-state index contributed by atoms with van der Waals surface area (Å²) in [5.74, 6) is 2.48. The monoisotopic (exact) mass is 296 g/mol. The van der Waals surface area contributed by atoms with Crippen molar-refractivity contribution in [2.75, 3.05) is 45.9 Å². The van der Waals surface area contributed by atoms with E-state index in [0.717, 1.165) is 30.8 Å². The zero-order valence-corrected chi connectivity index (χ0v) is 14.0. The van der Waals surface area contributed by atoms with Crippen LogP contribution in [0.2, 0.25) is 0 Å². The standard InChI is InChI=1S/C17H32N2O2/c1-4-21-10-7-17(20)19-12-15-5-8-18(11-14(2)3)9-6-16(15)13-19/h14-16H,4-13H2,1-3H3/t15-,16+. The van der Waals surface area contributed by atoms with Gasteiger partial charge in [-0.05, 0) is 50.6 Å². The van der Waals surface area contributed by atoms with E-state index in [4.69, 9.17) is 4.74 Å². The van der Waals surface area contributed by atoms with Gasteiger partial charge in [0.15, 0.2) is 0 Å². The van der Waals surface area contributed by atoms with E-state index in [2.05, 4.69) is 23.6 Å². The molecule has 2 saturated heterocycles. The van der Waals surface area contributed by atoms with Crippen LogP contribution >= 0.6 is 0 Å². The molecule has 4 nitrogen and oxygen atoms in total. The number of carbonyl (C=O) groups is 1. The molecule has 0 aromatic heterocycles. The van der Waals surface area contributed by atoms with Crippen molar-refractivity contribution in [1.29, 1.82) is 0 Å². The highest BCUT2D eigenvalue weighted by molar-refractivity contribution is 5.76. The third-order valence-corrected chi connectivity index (χ3v) is 4.85. The fraction of sp³-hybridized carbons (Fsp3) is 0.941. The Kier molecular flexibility index (Phi) is 6.49.